The third-order valence-corrected chi connectivity index (χ3v) is 4.74. The van der Waals surface area contributed by atoms with E-state index in [4.69, 9.17) is 10.9 Å². The molecule has 3 rings (SSSR count). The second-order valence-corrected chi connectivity index (χ2v) is 6.61. The number of hydroxylamine groups is 1. The van der Waals surface area contributed by atoms with E-state index in [1.807, 2.05) is 29.6 Å². The highest BCUT2D eigenvalue weighted by Crippen LogP contribution is 2.30. The van der Waals surface area contributed by atoms with Crippen molar-refractivity contribution in [1.29, 1.82) is 0 Å². The SMILES string of the molecule is Nc1ccc(-c2cccs2)cc1NC(=O)c1ccc(/C=C/C(=O)NO)cc1. The minimum atomic E-state index is -0.627. The van der Waals surface area contributed by atoms with Gasteiger partial charge in [-0.25, -0.2) is 5.48 Å². The number of nitrogen functional groups attached to an aromatic ring is 1. The molecule has 0 unspecified atom stereocenters. The third kappa shape index (κ3) is 4.60. The molecule has 7 heteroatoms. The molecule has 1 aromatic heterocycles. The van der Waals surface area contributed by atoms with Gasteiger partial charge in [0.25, 0.3) is 11.8 Å². The third-order valence-electron chi connectivity index (χ3n) is 3.82. The second kappa shape index (κ2) is 8.31. The lowest BCUT2D eigenvalue weighted by molar-refractivity contribution is -0.124. The standard InChI is InChI=1S/C20H17N3O3S/c21-16-9-8-15(18-2-1-11-27-18)12-17(16)22-20(25)14-6-3-13(4-7-14)5-10-19(24)23-26/h1-12,26H,21H2,(H,22,25)(H,23,24)/b10-5+. The Morgan fingerprint density at radius 2 is 1.85 bits per heavy atom. The van der Waals surface area contributed by atoms with Gasteiger partial charge < -0.3 is 11.1 Å². The maximum Gasteiger partial charge on any atom is 0.267 e. The molecular weight excluding hydrogens is 362 g/mol. The smallest absolute Gasteiger partial charge is 0.267 e. The van der Waals surface area contributed by atoms with E-state index in [9.17, 15) is 9.59 Å². The first kappa shape index (κ1) is 18.4. The largest absolute Gasteiger partial charge is 0.397 e. The fourth-order valence-electron chi connectivity index (χ4n) is 2.41. The van der Waals surface area contributed by atoms with Crippen molar-refractivity contribution in [2.75, 3.05) is 11.1 Å². The molecule has 27 heavy (non-hydrogen) atoms. The van der Waals surface area contributed by atoms with Crippen LogP contribution in [0.1, 0.15) is 15.9 Å². The summed E-state index contributed by atoms with van der Waals surface area (Å²) in [5.74, 6) is -0.911. The molecule has 0 spiro atoms. The van der Waals surface area contributed by atoms with Crippen LogP contribution >= 0.6 is 11.3 Å². The Kier molecular flexibility index (Phi) is 5.65. The lowest BCUT2D eigenvalue weighted by Gasteiger charge is -2.10. The number of thiophene rings is 1. The number of benzene rings is 2. The van der Waals surface area contributed by atoms with Gasteiger partial charge in [0.05, 0.1) is 11.4 Å². The molecule has 6 nitrogen and oxygen atoms in total. The number of rotatable bonds is 5. The van der Waals surface area contributed by atoms with E-state index in [2.05, 4.69) is 5.32 Å². The monoisotopic (exact) mass is 379 g/mol. The number of hydrogen-bond acceptors (Lipinski definition) is 5. The van der Waals surface area contributed by atoms with Gasteiger partial charge >= 0.3 is 0 Å². The van der Waals surface area contributed by atoms with Crippen LogP contribution in [0.3, 0.4) is 0 Å². The Morgan fingerprint density at radius 1 is 1.07 bits per heavy atom. The van der Waals surface area contributed by atoms with Crippen LogP contribution in [0.2, 0.25) is 0 Å². The van der Waals surface area contributed by atoms with Crippen LogP contribution in [-0.4, -0.2) is 17.0 Å². The van der Waals surface area contributed by atoms with Crippen molar-refractivity contribution in [3.63, 3.8) is 0 Å². The lowest BCUT2D eigenvalue weighted by atomic mass is 10.1. The fraction of sp³-hybridized carbons (Fsp3) is 0. The number of nitrogens with two attached hydrogens (primary N) is 1. The Morgan fingerprint density at radius 3 is 2.52 bits per heavy atom. The molecule has 0 saturated carbocycles. The first-order valence-corrected chi connectivity index (χ1v) is 8.92. The van der Waals surface area contributed by atoms with Gasteiger partial charge in [-0.05, 0) is 52.9 Å². The van der Waals surface area contributed by atoms with Crippen molar-refractivity contribution in [3.05, 3.63) is 77.2 Å². The van der Waals surface area contributed by atoms with Gasteiger partial charge in [-0.2, -0.15) is 0 Å². The van der Waals surface area contributed by atoms with Gasteiger partial charge in [-0.1, -0.05) is 24.3 Å². The second-order valence-electron chi connectivity index (χ2n) is 5.66. The Balaban J connectivity index is 1.74. The molecule has 0 fully saturated rings. The van der Waals surface area contributed by atoms with Crippen LogP contribution in [0.25, 0.3) is 16.5 Å². The molecule has 2 aromatic carbocycles. The first-order chi connectivity index (χ1) is 13.1. The molecule has 0 bridgehead atoms. The number of carbonyl (C=O) groups is 2. The van der Waals surface area contributed by atoms with E-state index in [1.54, 1.807) is 41.7 Å². The number of anilines is 2. The van der Waals surface area contributed by atoms with E-state index in [0.29, 0.717) is 22.5 Å². The van der Waals surface area contributed by atoms with Crippen molar-refractivity contribution >= 4 is 40.6 Å². The maximum absolute atomic E-state index is 12.5. The molecule has 0 radical (unpaired) electrons. The van der Waals surface area contributed by atoms with Gasteiger partial charge in [0.15, 0.2) is 0 Å². The molecule has 0 atom stereocenters. The quantitative estimate of drug-likeness (QED) is 0.234. The normalized spacial score (nSPS) is 10.7. The molecule has 3 aromatic rings. The Labute approximate surface area is 159 Å². The van der Waals surface area contributed by atoms with Gasteiger partial charge in [0.1, 0.15) is 0 Å². The summed E-state index contributed by atoms with van der Waals surface area (Å²) in [6.07, 6.45) is 2.71. The van der Waals surface area contributed by atoms with Crippen LogP contribution < -0.4 is 16.5 Å². The molecule has 0 aliphatic rings. The van der Waals surface area contributed by atoms with E-state index in [0.717, 1.165) is 10.4 Å². The molecular formula is C20H17N3O3S. The van der Waals surface area contributed by atoms with Gasteiger partial charge in [-0.3, -0.25) is 14.8 Å². The Hall–Kier alpha value is -3.42. The zero-order valence-electron chi connectivity index (χ0n) is 14.2. The van der Waals surface area contributed by atoms with E-state index in [-0.39, 0.29) is 5.91 Å². The molecule has 2 amide bonds. The summed E-state index contributed by atoms with van der Waals surface area (Å²) in [5, 5.41) is 13.3. The minimum absolute atomic E-state index is 0.284. The highest BCUT2D eigenvalue weighted by atomic mass is 32.1. The van der Waals surface area contributed by atoms with Crippen LogP contribution in [0.4, 0.5) is 11.4 Å². The van der Waals surface area contributed by atoms with Crippen LogP contribution in [-0.2, 0) is 4.79 Å². The van der Waals surface area contributed by atoms with Crippen molar-refractivity contribution in [2.45, 2.75) is 0 Å². The average molecular weight is 379 g/mol. The highest BCUT2D eigenvalue weighted by Gasteiger charge is 2.10. The van der Waals surface area contributed by atoms with Crippen molar-refractivity contribution < 1.29 is 14.8 Å². The summed E-state index contributed by atoms with van der Waals surface area (Å²) in [6, 6.07) is 16.2. The number of hydrogen-bond donors (Lipinski definition) is 4. The van der Waals surface area contributed by atoms with E-state index in [1.165, 1.54) is 17.6 Å². The summed E-state index contributed by atoms with van der Waals surface area (Å²) in [4.78, 5) is 24.6. The maximum atomic E-state index is 12.5. The summed E-state index contributed by atoms with van der Waals surface area (Å²) >= 11 is 1.61. The molecule has 136 valence electrons. The van der Waals surface area contributed by atoms with Crippen molar-refractivity contribution in [3.8, 4) is 10.4 Å². The molecule has 0 aliphatic carbocycles. The predicted molar refractivity (Wildman–Crippen MR) is 108 cm³/mol. The van der Waals surface area contributed by atoms with Crippen LogP contribution in [0.15, 0.2) is 66.1 Å². The average Bonchev–Trinajstić information content (AvgIpc) is 3.23. The Bertz CT molecular complexity index is 980. The summed E-state index contributed by atoms with van der Waals surface area (Å²) in [7, 11) is 0. The zero-order chi connectivity index (χ0) is 19.2. The lowest BCUT2D eigenvalue weighted by Crippen LogP contribution is -2.14. The highest BCUT2D eigenvalue weighted by molar-refractivity contribution is 7.13. The fourth-order valence-corrected chi connectivity index (χ4v) is 3.13. The van der Waals surface area contributed by atoms with E-state index < -0.39 is 5.91 Å². The molecule has 0 saturated heterocycles. The molecule has 1 heterocycles. The van der Waals surface area contributed by atoms with E-state index >= 15 is 0 Å². The van der Waals surface area contributed by atoms with Gasteiger partial charge in [0.2, 0.25) is 0 Å². The predicted octanol–water partition coefficient (Wildman–Crippen LogP) is 3.77. The number of nitrogens with one attached hydrogen (secondary N) is 2. The molecule has 5 N–H and O–H groups in total. The van der Waals surface area contributed by atoms with Crippen LogP contribution in [0.5, 0.6) is 0 Å². The topological polar surface area (TPSA) is 104 Å². The van der Waals surface area contributed by atoms with Crippen LogP contribution in [0, 0.1) is 0 Å². The summed E-state index contributed by atoms with van der Waals surface area (Å²) < 4.78 is 0. The number of amides is 2. The van der Waals surface area contributed by atoms with Gasteiger partial charge in [-0.15, -0.1) is 11.3 Å². The van der Waals surface area contributed by atoms with Gasteiger partial charge in [0, 0.05) is 16.5 Å². The minimum Gasteiger partial charge on any atom is -0.397 e. The summed E-state index contributed by atoms with van der Waals surface area (Å²) in [6.45, 7) is 0. The number of carbonyl (C=O) groups excluding carboxylic acids is 2. The van der Waals surface area contributed by atoms with Crippen molar-refractivity contribution in [1.82, 2.24) is 5.48 Å². The molecule has 0 aliphatic heterocycles. The zero-order valence-corrected chi connectivity index (χ0v) is 15.0. The van der Waals surface area contributed by atoms with Crippen molar-refractivity contribution in [2.24, 2.45) is 0 Å². The first-order valence-electron chi connectivity index (χ1n) is 8.04. The summed E-state index contributed by atoms with van der Waals surface area (Å²) in [5.41, 5.74) is 10.7.